The summed E-state index contributed by atoms with van der Waals surface area (Å²) in [6.07, 6.45) is 0.385. The third-order valence-corrected chi connectivity index (χ3v) is 3.33. The topological polar surface area (TPSA) is 92.5 Å². The number of likely N-dealkylation sites (N-methyl/N-ethyl adjacent to an activating group) is 1. The average Bonchev–Trinajstić information content (AvgIpc) is 2.67. The molecular formula is C14H17N3O3. The average molecular weight is 275 g/mol. The summed E-state index contributed by atoms with van der Waals surface area (Å²) in [4.78, 5) is 36.0. The van der Waals surface area contributed by atoms with Gasteiger partial charge in [0.25, 0.3) is 5.91 Å². The number of benzene rings is 1. The van der Waals surface area contributed by atoms with Crippen molar-refractivity contribution in [1.82, 2.24) is 10.2 Å². The molecule has 1 aliphatic heterocycles. The molecule has 1 aromatic rings. The summed E-state index contributed by atoms with van der Waals surface area (Å²) in [5, 5.41) is 2.53. The first-order chi connectivity index (χ1) is 9.49. The van der Waals surface area contributed by atoms with Crippen molar-refractivity contribution < 1.29 is 14.4 Å². The molecule has 2 rings (SSSR count). The summed E-state index contributed by atoms with van der Waals surface area (Å²) in [5.74, 6) is -1.11. The van der Waals surface area contributed by atoms with Crippen LogP contribution in [-0.4, -0.2) is 41.8 Å². The minimum atomic E-state index is -0.790. The first-order valence-corrected chi connectivity index (χ1v) is 6.39. The Kier molecular flexibility index (Phi) is 4.14. The fourth-order valence-corrected chi connectivity index (χ4v) is 2.11. The summed E-state index contributed by atoms with van der Waals surface area (Å²) in [7, 11) is 1.40. The number of carbonyl (C=O) groups is 3. The number of hydrogen-bond donors (Lipinski definition) is 2. The van der Waals surface area contributed by atoms with E-state index in [4.69, 9.17) is 5.73 Å². The van der Waals surface area contributed by atoms with E-state index in [-0.39, 0.29) is 12.3 Å². The molecular weight excluding hydrogens is 258 g/mol. The Morgan fingerprint density at radius 1 is 1.40 bits per heavy atom. The van der Waals surface area contributed by atoms with Crippen molar-refractivity contribution in [2.75, 3.05) is 7.05 Å². The number of carbonyl (C=O) groups excluding carboxylic acids is 3. The Balaban J connectivity index is 1.92. The molecule has 3 amide bonds. The SMILES string of the molecule is CN1C(=O)CC(NC(=O)C(N)Cc2ccccc2)C1=O. The van der Waals surface area contributed by atoms with E-state index in [0.29, 0.717) is 6.42 Å². The Hall–Kier alpha value is -2.21. The molecule has 1 aliphatic rings. The number of amides is 3. The van der Waals surface area contributed by atoms with Crippen molar-refractivity contribution in [2.24, 2.45) is 5.73 Å². The number of likely N-dealkylation sites (tertiary alicyclic amines) is 1. The van der Waals surface area contributed by atoms with Crippen molar-refractivity contribution in [3.8, 4) is 0 Å². The third kappa shape index (κ3) is 3.03. The first kappa shape index (κ1) is 14.2. The molecule has 1 aromatic carbocycles. The predicted octanol–water partition coefficient (Wildman–Crippen LogP) is -0.570. The molecule has 6 heteroatoms. The van der Waals surface area contributed by atoms with Gasteiger partial charge < -0.3 is 11.1 Å². The number of rotatable bonds is 4. The number of nitrogens with two attached hydrogens (primary N) is 1. The molecule has 0 spiro atoms. The van der Waals surface area contributed by atoms with Gasteiger partial charge in [0.1, 0.15) is 6.04 Å². The van der Waals surface area contributed by atoms with E-state index in [2.05, 4.69) is 5.32 Å². The highest BCUT2D eigenvalue weighted by Gasteiger charge is 2.37. The van der Waals surface area contributed by atoms with Crippen LogP contribution in [0.4, 0.5) is 0 Å². The van der Waals surface area contributed by atoms with Gasteiger partial charge in [-0.1, -0.05) is 30.3 Å². The van der Waals surface area contributed by atoms with Crippen molar-refractivity contribution in [3.63, 3.8) is 0 Å². The van der Waals surface area contributed by atoms with Crippen LogP contribution < -0.4 is 11.1 Å². The summed E-state index contributed by atoms with van der Waals surface area (Å²) >= 11 is 0. The lowest BCUT2D eigenvalue weighted by atomic mass is 10.1. The monoisotopic (exact) mass is 275 g/mol. The normalized spacial score (nSPS) is 20.1. The van der Waals surface area contributed by atoms with E-state index in [0.717, 1.165) is 10.5 Å². The molecule has 1 heterocycles. The second-order valence-corrected chi connectivity index (χ2v) is 4.85. The zero-order chi connectivity index (χ0) is 14.7. The molecule has 2 unspecified atom stereocenters. The van der Waals surface area contributed by atoms with E-state index in [9.17, 15) is 14.4 Å². The van der Waals surface area contributed by atoms with E-state index in [1.165, 1.54) is 7.05 Å². The van der Waals surface area contributed by atoms with Crippen molar-refractivity contribution in [3.05, 3.63) is 35.9 Å². The van der Waals surface area contributed by atoms with Crippen LogP contribution in [0.25, 0.3) is 0 Å². The highest BCUT2D eigenvalue weighted by Crippen LogP contribution is 2.11. The molecule has 1 fully saturated rings. The second-order valence-electron chi connectivity index (χ2n) is 4.85. The molecule has 0 radical (unpaired) electrons. The maximum Gasteiger partial charge on any atom is 0.252 e. The van der Waals surface area contributed by atoms with Crippen LogP contribution in [0.3, 0.4) is 0 Å². The minimum Gasteiger partial charge on any atom is -0.342 e. The fourth-order valence-electron chi connectivity index (χ4n) is 2.11. The second kappa shape index (κ2) is 5.83. The maximum absolute atomic E-state index is 11.9. The fraction of sp³-hybridized carbons (Fsp3) is 0.357. The quantitative estimate of drug-likeness (QED) is 0.720. The van der Waals surface area contributed by atoms with Gasteiger partial charge in [0.05, 0.1) is 12.5 Å². The van der Waals surface area contributed by atoms with Gasteiger partial charge >= 0.3 is 0 Å². The van der Waals surface area contributed by atoms with Gasteiger partial charge in [0, 0.05) is 7.05 Å². The van der Waals surface area contributed by atoms with Gasteiger partial charge in [0.2, 0.25) is 11.8 Å². The minimum absolute atomic E-state index is 0.000863. The number of hydrogen-bond acceptors (Lipinski definition) is 4. The number of nitrogens with one attached hydrogen (secondary N) is 1. The van der Waals surface area contributed by atoms with Crippen LogP contribution >= 0.6 is 0 Å². The summed E-state index contributed by atoms with van der Waals surface area (Å²) in [6.45, 7) is 0. The summed E-state index contributed by atoms with van der Waals surface area (Å²) in [5.41, 5.74) is 6.77. The lowest BCUT2D eigenvalue weighted by Crippen LogP contribution is -2.48. The standard InChI is InChI=1S/C14H17N3O3/c1-17-12(18)8-11(14(17)20)16-13(19)10(15)7-9-5-3-2-4-6-9/h2-6,10-11H,7-8,15H2,1H3,(H,16,19). The van der Waals surface area contributed by atoms with Gasteiger partial charge in [-0.2, -0.15) is 0 Å². The molecule has 20 heavy (non-hydrogen) atoms. The largest absolute Gasteiger partial charge is 0.342 e. The molecule has 0 aromatic heterocycles. The highest BCUT2D eigenvalue weighted by atomic mass is 16.2. The molecule has 0 aliphatic carbocycles. The van der Waals surface area contributed by atoms with Crippen molar-refractivity contribution in [2.45, 2.75) is 24.9 Å². The van der Waals surface area contributed by atoms with Gasteiger partial charge in [-0.05, 0) is 12.0 Å². The lowest BCUT2D eigenvalue weighted by molar-refractivity contribution is -0.138. The van der Waals surface area contributed by atoms with Crippen LogP contribution in [0.1, 0.15) is 12.0 Å². The third-order valence-electron chi connectivity index (χ3n) is 3.33. The van der Waals surface area contributed by atoms with Crippen molar-refractivity contribution in [1.29, 1.82) is 0 Å². The van der Waals surface area contributed by atoms with Crippen LogP contribution in [0.5, 0.6) is 0 Å². The van der Waals surface area contributed by atoms with Crippen LogP contribution in [0, 0.1) is 0 Å². The molecule has 2 atom stereocenters. The van der Waals surface area contributed by atoms with Gasteiger partial charge in [-0.3, -0.25) is 19.3 Å². The van der Waals surface area contributed by atoms with Gasteiger partial charge in [-0.25, -0.2) is 0 Å². The summed E-state index contributed by atoms with van der Waals surface area (Å²) in [6, 6.07) is 7.85. The van der Waals surface area contributed by atoms with E-state index >= 15 is 0 Å². The Morgan fingerprint density at radius 2 is 2.05 bits per heavy atom. The molecule has 1 saturated heterocycles. The first-order valence-electron chi connectivity index (χ1n) is 6.39. The number of imide groups is 1. The zero-order valence-corrected chi connectivity index (χ0v) is 11.2. The van der Waals surface area contributed by atoms with Crippen LogP contribution in [-0.2, 0) is 20.8 Å². The Morgan fingerprint density at radius 3 is 2.60 bits per heavy atom. The zero-order valence-electron chi connectivity index (χ0n) is 11.2. The van der Waals surface area contributed by atoms with Crippen LogP contribution in [0.15, 0.2) is 30.3 Å². The van der Waals surface area contributed by atoms with E-state index < -0.39 is 23.9 Å². The molecule has 0 saturated carbocycles. The van der Waals surface area contributed by atoms with Crippen molar-refractivity contribution >= 4 is 17.7 Å². The van der Waals surface area contributed by atoms with Crippen LogP contribution in [0.2, 0.25) is 0 Å². The molecule has 0 bridgehead atoms. The maximum atomic E-state index is 11.9. The van der Waals surface area contributed by atoms with Gasteiger partial charge in [0.15, 0.2) is 0 Å². The molecule has 6 nitrogen and oxygen atoms in total. The highest BCUT2D eigenvalue weighted by molar-refractivity contribution is 6.06. The van der Waals surface area contributed by atoms with E-state index in [1.807, 2.05) is 30.3 Å². The lowest BCUT2D eigenvalue weighted by Gasteiger charge is -2.15. The number of nitrogens with zero attached hydrogens (tertiary/aromatic N) is 1. The summed E-state index contributed by atoms with van der Waals surface area (Å²) < 4.78 is 0. The molecule has 3 N–H and O–H groups in total. The Labute approximate surface area is 116 Å². The van der Waals surface area contributed by atoms with E-state index in [1.54, 1.807) is 0 Å². The smallest absolute Gasteiger partial charge is 0.252 e. The predicted molar refractivity (Wildman–Crippen MR) is 72.4 cm³/mol. The Bertz CT molecular complexity index is 530. The van der Waals surface area contributed by atoms with Gasteiger partial charge in [-0.15, -0.1) is 0 Å². The molecule has 106 valence electrons.